The molecule has 19 heavy (non-hydrogen) atoms. The lowest BCUT2D eigenvalue weighted by atomic mass is 9.78. The number of rotatable bonds is 2. The van der Waals surface area contributed by atoms with Crippen LogP contribution in [0, 0.1) is 37.3 Å². The molecule has 2 rings (SSSR count). The van der Waals surface area contributed by atoms with E-state index in [9.17, 15) is 13.6 Å². The highest BCUT2D eigenvalue weighted by molar-refractivity contribution is 5.99. The molecular formula is C16H20F2O. The SMILES string of the molecule is Cc1cc(C)c(C(=O)C2CCC(C)CC2)c(F)c1F. The summed E-state index contributed by atoms with van der Waals surface area (Å²) >= 11 is 0. The maximum atomic E-state index is 14.0. The van der Waals surface area contributed by atoms with Crippen molar-refractivity contribution in [2.45, 2.75) is 46.5 Å². The zero-order chi connectivity index (χ0) is 14.2. The maximum absolute atomic E-state index is 14.0. The molecule has 0 aromatic heterocycles. The number of benzene rings is 1. The first-order chi connectivity index (χ1) is 8.91. The molecule has 1 saturated carbocycles. The van der Waals surface area contributed by atoms with Gasteiger partial charge in [0.1, 0.15) is 0 Å². The minimum absolute atomic E-state index is 0.0392. The second kappa shape index (κ2) is 5.40. The summed E-state index contributed by atoms with van der Waals surface area (Å²) in [6, 6.07) is 1.55. The molecule has 3 heteroatoms. The predicted octanol–water partition coefficient (Wildman–Crippen LogP) is 4.59. The van der Waals surface area contributed by atoms with E-state index in [1.165, 1.54) is 6.92 Å². The summed E-state index contributed by atoms with van der Waals surface area (Å²) < 4.78 is 27.6. The van der Waals surface area contributed by atoms with Crippen LogP contribution in [0.3, 0.4) is 0 Å². The van der Waals surface area contributed by atoms with Crippen LogP contribution in [0.15, 0.2) is 6.07 Å². The molecular weight excluding hydrogens is 246 g/mol. The van der Waals surface area contributed by atoms with Gasteiger partial charge in [-0.15, -0.1) is 0 Å². The molecule has 0 unspecified atom stereocenters. The molecule has 0 saturated heterocycles. The Kier molecular flexibility index (Phi) is 4.02. The minimum atomic E-state index is -0.971. The first kappa shape index (κ1) is 14.2. The van der Waals surface area contributed by atoms with Gasteiger partial charge in [-0.1, -0.05) is 25.8 Å². The van der Waals surface area contributed by atoms with Gasteiger partial charge in [0, 0.05) is 5.92 Å². The first-order valence-corrected chi connectivity index (χ1v) is 6.91. The molecule has 0 amide bonds. The van der Waals surface area contributed by atoms with Gasteiger partial charge in [-0.3, -0.25) is 4.79 Å². The van der Waals surface area contributed by atoms with E-state index in [-0.39, 0.29) is 22.8 Å². The molecule has 1 fully saturated rings. The Labute approximate surface area is 113 Å². The number of carbonyl (C=O) groups excluding carboxylic acids is 1. The Bertz CT molecular complexity index is 500. The van der Waals surface area contributed by atoms with Crippen LogP contribution in [0.1, 0.15) is 54.1 Å². The number of ketones is 1. The van der Waals surface area contributed by atoms with Crippen molar-refractivity contribution in [1.29, 1.82) is 0 Å². The predicted molar refractivity (Wildman–Crippen MR) is 71.3 cm³/mol. The Morgan fingerprint density at radius 3 is 2.21 bits per heavy atom. The van der Waals surface area contributed by atoms with E-state index in [2.05, 4.69) is 6.92 Å². The Morgan fingerprint density at radius 2 is 1.63 bits per heavy atom. The zero-order valence-corrected chi connectivity index (χ0v) is 11.7. The second-order valence-electron chi connectivity index (χ2n) is 5.83. The third-order valence-electron chi connectivity index (χ3n) is 4.22. The normalized spacial score (nSPS) is 23.4. The van der Waals surface area contributed by atoms with Crippen LogP contribution in [-0.2, 0) is 0 Å². The van der Waals surface area contributed by atoms with E-state index >= 15 is 0 Å². The number of hydrogen-bond acceptors (Lipinski definition) is 1. The molecule has 0 spiro atoms. The Balaban J connectivity index is 2.32. The van der Waals surface area contributed by atoms with Gasteiger partial charge in [0.25, 0.3) is 0 Å². The van der Waals surface area contributed by atoms with Crippen molar-refractivity contribution in [1.82, 2.24) is 0 Å². The molecule has 1 nitrogen and oxygen atoms in total. The fourth-order valence-electron chi connectivity index (χ4n) is 2.95. The molecule has 1 aromatic rings. The van der Waals surface area contributed by atoms with E-state index in [1.807, 2.05) is 0 Å². The van der Waals surface area contributed by atoms with Crippen molar-refractivity contribution in [3.05, 3.63) is 34.4 Å². The van der Waals surface area contributed by atoms with Crippen molar-refractivity contribution >= 4 is 5.78 Å². The van der Waals surface area contributed by atoms with Crippen LogP contribution < -0.4 is 0 Å². The third-order valence-corrected chi connectivity index (χ3v) is 4.22. The van der Waals surface area contributed by atoms with Crippen molar-refractivity contribution in [3.63, 3.8) is 0 Å². The van der Waals surface area contributed by atoms with Crippen LogP contribution in [0.25, 0.3) is 0 Å². The van der Waals surface area contributed by atoms with E-state index in [4.69, 9.17) is 0 Å². The number of carbonyl (C=O) groups is 1. The maximum Gasteiger partial charge on any atom is 0.170 e. The van der Waals surface area contributed by atoms with Gasteiger partial charge < -0.3 is 0 Å². The van der Waals surface area contributed by atoms with Gasteiger partial charge in [0.15, 0.2) is 17.4 Å². The molecule has 104 valence electrons. The van der Waals surface area contributed by atoms with Crippen molar-refractivity contribution in [2.24, 2.45) is 11.8 Å². The number of aryl methyl sites for hydroxylation is 2. The lowest BCUT2D eigenvalue weighted by Crippen LogP contribution is -2.23. The van der Waals surface area contributed by atoms with E-state index in [1.54, 1.807) is 13.0 Å². The van der Waals surface area contributed by atoms with Crippen LogP contribution in [0.2, 0.25) is 0 Å². The van der Waals surface area contributed by atoms with Crippen molar-refractivity contribution < 1.29 is 13.6 Å². The van der Waals surface area contributed by atoms with Crippen LogP contribution in [-0.4, -0.2) is 5.78 Å². The molecule has 0 aliphatic heterocycles. The average Bonchev–Trinajstić information content (AvgIpc) is 2.37. The smallest absolute Gasteiger partial charge is 0.170 e. The lowest BCUT2D eigenvalue weighted by molar-refractivity contribution is 0.0869. The fraction of sp³-hybridized carbons (Fsp3) is 0.562. The van der Waals surface area contributed by atoms with E-state index in [0.717, 1.165) is 25.7 Å². The zero-order valence-electron chi connectivity index (χ0n) is 11.7. The molecule has 0 radical (unpaired) electrons. The molecule has 0 heterocycles. The molecule has 1 aromatic carbocycles. The lowest BCUT2D eigenvalue weighted by Gasteiger charge is -2.25. The van der Waals surface area contributed by atoms with Crippen LogP contribution in [0.5, 0.6) is 0 Å². The van der Waals surface area contributed by atoms with Gasteiger partial charge in [-0.25, -0.2) is 8.78 Å². The topological polar surface area (TPSA) is 17.1 Å². The third kappa shape index (κ3) is 2.70. The van der Waals surface area contributed by atoms with Gasteiger partial charge in [-0.05, 0) is 43.7 Å². The van der Waals surface area contributed by atoms with Crippen LogP contribution in [0.4, 0.5) is 8.78 Å². The highest BCUT2D eigenvalue weighted by Gasteiger charge is 2.29. The van der Waals surface area contributed by atoms with Gasteiger partial charge in [0.05, 0.1) is 5.56 Å². The molecule has 1 aliphatic rings. The first-order valence-electron chi connectivity index (χ1n) is 6.91. The minimum Gasteiger partial charge on any atom is -0.294 e. The van der Waals surface area contributed by atoms with Gasteiger partial charge >= 0.3 is 0 Å². The van der Waals surface area contributed by atoms with Crippen molar-refractivity contribution in [3.8, 4) is 0 Å². The largest absolute Gasteiger partial charge is 0.294 e. The summed E-state index contributed by atoms with van der Waals surface area (Å²) in [5.41, 5.74) is 0.756. The second-order valence-corrected chi connectivity index (χ2v) is 5.83. The summed E-state index contributed by atoms with van der Waals surface area (Å²) in [6.45, 7) is 5.36. The summed E-state index contributed by atoms with van der Waals surface area (Å²) in [4.78, 5) is 12.4. The molecule has 0 bridgehead atoms. The molecule has 1 aliphatic carbocycles. The van der Waals surface area contributed by atoms with Gasteiger partial charge in [-0.2, -0.15) is 0 Å². The van der Waals surface area contributed by atoms with E-state index < -0.39 is 11.6 Å². The summed E-state index contributed by atoms with van der Waals surface area (Å²) in [5.74, 6) is -1.60. The van der Waals surface area contributed by atoms with Gasteiger partial charge in [0.2, 0.25) is 0 Å². The number of halogens is 2. The van der Waals surface area contributed by atoms with Crippen molar-refractivity contribution in [2.75, 3.05) is 0 Å². The highest BCUT2D eigenvalue weighted by Crippen LogP contribution is 2.32. The van der Waals surface area contributed by atoms with Crippen LogP contribution >= 0.6 is 0 Å². The average molecular weight is 266 g/mol. The summed E-state index contributed by atoms with van der Waals surface area (Å²) in [5, 5.41) is 0. The fourth-order valence-corrected chi connectivity index (χ4v) is 2.95. The standard InChI is InChI=1S/C16H20F2O/c1-9-4-6-12(7-5-9)16(19)13-10(2)8-11(3)14(17)15(13)18/h8-9,12H,4-7H2,1-3H3. The Hall–Kier alpha value is -1.25. The summed E-state index contributed by atoms with van der Waals surface area (Å²) in [6.07, 6.45) is 3.56. The quantitative estimate of drug-likeness (QED) is 0.715. The van der Waals surface area contributed by atoms with E-state index in [0.29, 0.717) is 11.5 Å². The molecule has 0 atom stereocenters. The molecule has 0 N–H and O–H groups in total. The highest BCUT2D eigenvalue weighted by atomic mass is 19.2. The number of Topliss-reactive ketones (excluding diaryl/α,β-unsaturated/α-hetero) is 1. The monoisotopic (exact) mass is 266 g/mol. The summed E-state index contributed by atoms with van der Waals surface area (Å²) in [7, 11) is 0. The number of hydrogen-bond donors (Lipinski definition) is 0. The Morgan fingerprint density at radius 1 is 1.05 bits per heavy atom.